The van der Waals surface area contributed by atoms with Crippen LogP contribution in [0.4, 0.5) is 5.69 Å². The van der Waals surface area contributed by atoms with Crippen LogP contribution in [0.5, 0.6) is 0 Å². The SMILES string of the molecule is CCN(c1ccc(C(N)=S)cc1)C(C)C. The highest BCUT2D eigenvalue weighted by molar-refractivity contribution is 7.80. The molecule has 0 amide bonds. The second-order valence-electron chi connectivity index (χ2n) is 3.79. The minimum absolute atomic E-state index is 0.453. The summed E-state index contributed by atoms with van der Waals surface area (Å²) in [7, 11) is 0. The molecule has 2 nitrogen and oxygen atoms in total. The fourth-order valence-corrected chi connectivity index (χ4v) is 1.80. The lowest BCUT2D eigenvalue weighted by molar-refractivity contribution is 0.704. The Morgan fingerprint density at radius 3 is 2.20 bits per heavy atom. The molecule has 0 heterocycles. The third kappa shape index (κ3) is 2.93. The molecule has 0 aliphatic heterocycles. The summed E-state index contributed by atoms with van der Waals surface area (Å²) in [5.74, 6) is 0. The Morgan fingerprint density at radius 2 is 1.87 bits per heavy atom. The van der Waals surface area contributed by atoms with E-state index < -0.39 is 0 Å². The lowest BCUT2D eigenvalue weighted by Gasteiger charge is -2.27. The van der Waals surface area contributed by atoms with Gasteiger partial charge < -0.3 is 10.6 Å². The number of nitrogens with two attached hydrogens (primary N) is 1. The van der Waals surface area contributed by atoms with E-state index in [0.717, 1.165) is 12.1 Å². The van der Waals surface area contributed by atoms with Crippen LogP contribution in [0.25, 0.3) is 0 Å². The van der Waals surface area contributed by atoms with Crippen molar-refractivity contribution in [3.05, 3.63) is 29.8 Å². The van der Waals surface area contributed by atoms with Crippen LogP contribution in [0.3, 0.4) is 0 Å². The van der Waals surface area contributed by atoms with Crippen molar-refractivity contribution < 1.29 is 0 Å². The van der Waals surface area contributed by atoms with Crippen LogP contribution < -0.4 is 10.6 Å². The molecular weight excluding hydrogens is 204 g/mol. The summed E-state index contributed by atoms with van der Waals surface area (Å²) in [6, 6.07) is 8.59. The topological polar surface area (TPSA) is 29.3 Å². The van der Waals surface area contributed by atoms with Crippen LogP contribution in [0.2, 0.25) is 0 Å². The van der Waals surface area contributed by atoms with E-state index in [9.17, 15) is 0 Å². The number of rotatable bonds is 4. The van der Waals surface area contributed by atoms with Crippen molar-refractivity contribution in [1.29, 1.82) is 0 Å². The maximum absolute atomic E-state index is 5.55. The number of benzene rings is 1. The fraction of sp³-hybridized carbons (Fsp3) is 0.417. The van der Waals surface area contributed by atoms with Gasteiger partial charge in [-0.05, 0) is 45.0 Å². The van der Waals surface area contributed by atoms with Crippen molar-refractivity contribution in [1.82, 2.24) is 0 Å². The average molecular weight is 222 g/mol. The van der Waals surface area contributed by atoms with E-state index in [1.165, 1.54) is 5.69 Å². The summed E-state index contributed by atoms with van der Waals surface area (Å²) in [5, 5.41) is 0. The van der Waals surface area contributed by atoms with E-state index in [0.29, 0.717) is 11.0 Å². The highest BCUT2D eigenvalue weighted by Crippen LogP contribution is 2.17. The van der Waals surface area contributed by atoms with Crippen molar-refractivity contribution in [2.45, 2.75) is 26.8 Å². The molecule has 0 fully saturated rings. The second kappa shape index (κ2) is 5.12. The van der Waals surface area contributed by atoms with Crippen LogP contribution in [0.15, 0.2) is 24.3 Å². The Labute approximate surface area is 97.1 Å². The predicted octanol–water partition coefficient (Wildman–Crippen LogP) is 2.56. The predicted molar refractivity (Wildman–Crippen MR) is 70.5 cm³/mol. The fourth-order valence-electron chi connectivity index (χ4n) is 1.66. The summed E-state index contributed by atoms with van der Waals surface area (Å²) in [6.07, 6.45) is 0. The Kier molecular flexibility index (Phi) is 4.09. The first kappa shape index (κ1) is 12.0. The highest BCUT2D eigenvalue weighted by Gasteiger charge is 2.07. The van der Waals surface area contributed by atoms with Gasteiger partial charge in [0.1, 0.15) is 4.99 Å². The first-order chi connectivity index (χ1) is 7.06. The van der Waals surface area contributed by atoms with E-state index in [4.69, 9.17) is 18.0 Å². The first-order valence-electron chi connectivity index (χ1n) is 5.22. The first-order valence-corrected chi connectivity index (χ1v) is 5.63. The zero-order valence-electron chi connectivity index (χ0n) is 9.53. The summed E-state index contributed by atoms with van der Waals surface area (Å²) >= 11 is 4.92. The monoisotopic (exact) mass is 222 g/mol. The van der Waals surface area contributed by atoms with Gasteiger partial charge in [-0.1, -0.05) is 12.2 Å². The van der Waals surface area contributed by atoms with E-state index in [1.807, 2.05) is 12.1 Å². The van der Waals surface area contributed by atoms with Crippen molar-refractivity contribution in [2.75, 3.05) is 11.4 Å². The molecule has 0 aromatic heterocycles. The summed E-state index contributed by atoms with van der Waals surface area (Å²) in [5.41, 5.74) is 7.69. The smallest absolute Gasteiger partial charge is 0.103 e. The Morgan fingerprint density at radius 1 is 1.33 bits per heavy atom. The summed E-state index contributed by atoms with van der Waals surface area (Å²) in [6.45, 7) is 7.53. The second-order valence-corrected chi connectivity index (χ2v) is 4.23. The molecule has 1 aromatic carbocycles. The van der Waals surface area contributed by atoms with Gasteiger partial charge in [0.25, 0.3) is 0 Å². The summed E-state index contributed by atoms with van der Waals surface area (Å²) < 4.78 is 0. The van der Waals surface area contributed by atoms with Gasteiger partial charge in [0.05, 0.1) is 0 Å². The van der Waals surface area contributed by atoms with E-state index in [2.05, 4.69) is 37.8 Å². The molecule has 2 N–H and O–H groups in total. The van der Waals surface area contributed by atoms with Crippen molar-refractivity contribution in [2.24, 2.45) is 5.73 Å². The molecule has 1 aromatic rings. The standard InChI is InChI=1S/C12H18N2S/c1-4-14(9(2)3)11-7-5-10(6-8-11)12(13)15/h5-9H,4H2,1-3H3,(H2,13,15). The molecule has 0 aliphatic rings. The number of hydrogen-bond acceptors (Lipinski definition) is 2. The highest BCUT2D eigenvalue weighted by atomic mass is 32.1. The van der Waals surface area contributed by atoms with Gasteiger partial charge in [-0.25, -0.2) is 0 Å². The molecule has 0 bridgehead atoms. The van der Waals surface area contributed by atoms with Crippen LogP contribution in [0.1, 0.15) is 26.3 Å². The van der Waals surface area contributed by atoms with Gasteiger partial charge >= 0.3 is 0 Å². The molecule has 0 radical (unpaired) electrons. The van der Waals surface area contributed by atoms with Gasteiger partial charge in [0.2, 0.25) is 0 Å². The minimum atomic E-state index is 0.453. The van der Waals surface area contributed by atoms with Gasteiger partial charge in [-0.15, -0.1) is 0 Å². The van der Waals surface area contributed by atoms with E-state index >= 15 is 0 Å². The van der Waals surface area contributed by atoms with Crippen LogP contribution in [-0.4, -0.2) is 17.6 Å². The lowest BCUT2D eigenvalue weighted by Crippen LogP contribution is -2.30. The molecule has 0 saturated heterocycles. The maximum Gasteiger partial charge on any atom is 0.103 e. The summed E-state index contributed by atoms with van der Waals surface area (Å²) in [4.78, 5) is 2.78. The molecular formula is C12H18N2S. The molecule has 0 unspecified atom stereocenters. The van der Waals surface area contributed by atoms with Crippen LogP contribution >= 0.6 is 12.2 Å². The Bertz CT molecular complexity index is 330. The lowest BCUT2D eigenvalue weighted by atomic mass is 10.1. The molecule has 0 saturated carbocycles. The Balaban J connectivity index is 2.92. The Hall–Kier alpha value is -1.09. The van der Waals surface area contributed by atoms with Gasteiger partial charge in [0.15, 0.2) is 0 Å². The molecule has 15 heavy (non-hydrogen) atoms. The van der Waals surface area contributed by atoms with Crippen molar-refractivity contribution >= 4 is 22.9 Å². The number of hydrogen-bond donors (Lipinski definition) is 1. The van der Waals surface area contributed by atoms with Crippen LogP contribution in [-0.2, 0) is 0 Å². The molecule has 0 spiro atoms. The van der Waals surface area contributed by atoms with E-state index in [-0.39, 0.29) is 0 Å². The number of anilines is 1. The van der Waals surface area contributed by atoms with E-state index in [1.54, 1.807) is 0 Å². The van der Waals surface area contributed by atoms with Gasteiger partial charge in [-0.2, -0.15) is 0 Å². The van der Waals surface area contributed by atoms with Crippen molar-refractivity contribution in [3.63, 3.8) is 0 Å². The number of nitrogens with zero attached hydrogens (tertiary/aromatic N) is 1. The maximum atomic E-state index is 5.55. The average Bonchev–Trinajstić information content (AvgIpc) is 2.19. The number of thiocarbonyl (C=S) groups is 1. The third-order valence-corrected chi connectivity index (χ3v) is 2.68. The molecule has 3 heteroatoms. The van der Waals surface area contributed by atoms with Crippen molar-refractivity contribution in [3.8, 4) is 0 Å². The third-order valence-electron chi connectivity index (χ3n) is 2.45. The molecule has 0 aliphatic carbocycles. The zero-order valence-corrected chi connectivity index (χ0v) is 10.3. The largest absolute Gasteiger partial charge is 0.389 e. The normalized spacial score (nSPS) is 10.4. The van der Waals surface area contributed by atoms with Gasteiger partial charge in [0, 0.05) is 23.8 Å². The molecule has 82 valence electrons. The zero-order chi connectivity index (χ0) is 11.4. The quantitative estimate of drug-likeness (QED) is 0.794. The minimum Gasteiger partial charge on any atom is -0.389 e. The van der Waals surface area contributed by atoms with Gasteiger partial charge in [-0.3, -0.25) is 0 Å². The van der Waals surface area contributed by atoms with Crippen LogP contribution in [0, 0.1) is 0 Å². The molecule has 0 atom stereocenters. The molecule has 1 rings (SSSR count).